The first kappa shape index (κ1) is 19.3. The number of hydrogen-bond acceptors (Lipinski definition) is 3. The Balaban J connectivity index is 1.72. The van der Waals surface area contributed by atoms with Crippen LogP contribution in [0.1, 0.15) is 32.3 Å². The Kier molecular flexibility index (Phi) is 7.79. The van der Waals surface area contributed by atoms with Gasteiger partial charge in [-0.2, -0.15) is 0 Å². The number of nitrogens with one attached hydrogen (secondary N) is 1. The highest BCUT2D eigenvalue weighted by molar-refractivity contribution is 9.10. The second kappa shape index (κ2) is 10.1. The number of hydrogen-bond donors (Lipinski definition) is 1. The molecule has 0 bridgehead atoms. The highest BCUT2D eigenvalue weighted by Gasteiger charge is 2.07. The van der Waals surface area contributed by atoms with E-state index in [9.17, 15) is 4.79 Å². The molecule has 4 nitrogen and oxygen atoms in total. The van der Waals surface area contributed by atoms with Crippen LogP contribution in [0, 0.1) is 0 Å². The van der Waals surface area contributed by atoms with Gasteiger partial charge in [0.1, 0.15) is 11.5 Å². The molecule has 0 fully saturated rings. The number of amides is 1. The average Bonchev–Trinajstić information content (AvgIpc) is 2.59. The predicted molar refractivity (Wildman–Crippen MR) is 103 cm³/mol. The zero-order valence-corrected chi connectivity index (χ0v) is 16.2. The van der Waals surface area contributed by atoms with Gasteiger partial charge in [-0.05, 0) is 54.4 Å². The molecule has 0 heterocycles. The molecule has 0 aliphatic heterocycles. The van der Waals surface area contributed by atoms with E-state index < -0.39 is 0 Å². The minimum Gasteiger partial charge on any atom is -0.492 e. The van der Waals surface area contributed by atoms with Crippen molar-refractivity contribution < 1.29 is 14.3 Å². The Labute approximate surface area is 157 Å². The molecule has 2 aromatic rings. The van der Waals surface area contributed by atoms with Crippen LogP contribution in [-0.2, 0) is 11.3 Å². The number of para-hydroxylation sites is 2. The highest BCUT2D eigenvalue weighted by atomic mass is 79.9. The van der Waals surface area contributed by atoms with Crippen molar-refractivity contribution in [3.63, 3.8) is 0 Å². The van der Waals surface area contributed by atoms with E-state index in [1.807, 2.05) is 62.4 Å². The first-order chi connectivity index (χ1) is 12.1. The van der Waals surface area contributed by atoms with Gasteiger partial charge in [0.2, 0.25) is 5.91 Å². The van der Waals surface area contributed by atoms with E-state index in [0.717, 1.165) is 21.5 Å². The molecule has 5 heteroatoms. The van der Waals surface area contributed by atoms with Crippen LogP contribution in [0.2, 0.25) is 0 Å². The lowest BCUT2D eigenvalue weighted by Gasteiger charge is -2.14. The van der Waals surface area contributed by atoms with Crippen LogP contribution >= 0.6 is 15.9 Å². The van der Waals surface area contributed by atoms with Crippen molar-refractivity contribution in [1.29, 1.82) is 0 Å². The van der Waals surface area contributed by atoms with E-state index >= 15 is 0 Å². The monoisotopic (exact) mass is 405 g/mol. The number of benzene rings is 2. The summed E-state index contributed by atoms with van der Waals surface area (Å²) >= 11 is 3.44. The molecule has 0 saturated carbocycles. The summed E-state index contributed by atoms with van der Waals surface area (Å²) < 4.78 is 12.3. The second-order valence-electron chi connectivity index (χ2n) is 5.93. The van der Waals surface area contributed by atoms with Gasteiger partial charge in [-0.3, -0.25) is 4.79 Å². The van der Waals surface area contributed by atoms with Gasteiger partial charge in [-0.1, -0.05) is 30.3 Å². The van der Waals surface area contributed by atoms with E-state index in [2.05, 4.69) is 21.2 Å². The van der Waals surface area contributed by atoms with Crippen LogP contribution in [0.15, 0.2) is 53.0 Å². The van der Waals surface area contributed by atoms with Crippen molar-refractivity contribution in [3.8, 4) is 11.5 Å². The third-order valence-electron chi connectivity index (χ3n) is 3.45. The van der Waals surface area contributed by atoms with Gasteiger partial charge in [0.15, 0.2) is 0 Å². The number of carbonyl (C=O) groups excluding carboxylic acids is 1. The summed E-state index contributed by atoms with van der Waals surface area (Å²) in [6.45, 7) is 4.94. The van der Waals surface area contributed by atoms with Crippen LogP contribution in [0.5, 0.6) is 11.5 Å². The zero-order chi connectivity index (χ0) is 18.1. The van der Waals surface area contributed by atoms with Crippen molar-refractivity contribution in [2.24, 2.45) is 0 Å². The highest BCUT2D eigenvalue weighted by Crippen LogP contribution is 2.24. The van der Waals surface area contributed by atoms with Crippen LogP contribution in [0.25, 0.3) is 0 Å². The number of rotatable bonds is 9. The Morgan fingerprint density at radius 3 is 2.48 bits per heavy atom. The van der Waals surface area contributed by atoms with Crippen LogP contribution < -0.4 is 14.8 Å². The van der Waals surface area contributed by atoms with E-state index in [0.29, 0.717) is 26.0 Å². The third kappa shape index (κ3) is 6.78. The Bertz CT molecular complexity index is 688. The lowest BCUT2D eigenvalue weighted by Crippen LogP contribution is -2.23. The summed E-state index contributed by atoms with van der Waals surface area (Å²) in [4.78, 5) is 12.0. The summed E-state index contributed by atoms with van der Waals surface area (Å²) in [5.41, 5.74) is 0.981. The molecule has 0 aliphatic rings. The lowest BCUT2D eigenvalue weighted by atomic mass is 10.2. The van der Waals surface area contributed by atoms with Crippen LogP contribution in [0.4, 0.5) is 0 Å². The number of carbonyl (C=O) groups is 1. The second-order valence-corrected chi connectivity index (χ2v) is 6.79. The van der Waals surface area contributed by atoms with Crippen molar-refractivity contribution >= 4 is 21.8 Å². The van der Waals surface area contributed by atoms with Crippen molar-refractivity contribution in [1.82, 2.24) is 5.32 Å². The van der Waals surface area contributed by atoms with Gasteiger partial charge in [-0.15, -0.1) is 0 Å². The topological polar surface area (TPSA) is 47.6 Å². The van der Waals surface area contributed by atoms with Gasteiger partial charge in [0, 0.05) is 18.5 Å². The Morgan fingerprint density at radius 1 is 1.08 bits per heavy atom. The maximum absolute atomic E-state index is 12.0. The summed E-state index contributed by atoms with van der Waals surface area (Å²) in [5, 5.41) is 2.94. The molecular formula is C20H24BrNO3. The third-order valence-corrected chi connectivity index (χ3v) is 4.11. The van der Waals surface area contributed by atoms with Gasteiger partial charge in [-0.25, -0.2) is 0 Å². The van der Waals surface area contributed by atoms with E-state index in [1.54, 1.807) is 0 Å². The minimum atomic E-state index is 0.00933. The first-order valence-electron chi connectivity index (χ1n) is 8.45. The average molecular weight is 406 g/mol. The van der Waals surface area contributed by atoms with Crippen LogP contribution in [0.3, 0.4) is 0 Å². The first-order valence-corrected chi connectivity index (χ1v) is 9.24. The molecule has 2 rings (SSSR count). The molecular weight excluding hydrogens is 382 g/mol. The molecule has 134 valence electrons. The molecule has 25 heavy (non-hydrogen) atoms. The fourth-order valence-electron chi connectivity index (χ4n) is 2.28. The molecule has 0 radical (unpaired) electrons. The van der Waals surface area contributed by atoms with Gasteiger partial charge in [0.05, 0.1) is 17.2 Å². The van der Waals surface area contributed by atoms with Gasteiger partial charge in [0.25, 0.3) is 0 Å². The smallest absolute Gasteiger partial charge is 0.220 e. The predicted octanol–water partition coefficient (Wildman–Crippen LogP) is 4.71. The molecule has 0 saturated heterocycles. The maximum Gasteiger partial charge on any atom is 0.220 e. The summed E-state index contributed by atoms with van der Waals surface area (Å²) in [5.74, 6) is 1.62. The van der Waals surface area contributed by atoms with Crippen molar-refractivity contribution in [3.05, 3.63) is 58.6 Å². The quantitative estimate of drug-likeness (QED) is 0.614. The number of halogens is 1. The van der Waals surface area contributed by atoms with Gasteiger partial charge >= 0.3 is 0 Å². The van der Waals surface area contributed by atoms with Crippen molar-refractivity contribution in [2.45, 2.75) is 39.3 Å². The Morgan fingerprint density at radius 2 is 1.76 bits per heavy atom. The molecule has 0 aromatic heterocycles. The summed E-state index contributed by atoms with van der Waals surface area (Å²) in [6, 6.07) is 15.5. The minimum absolute atomic E-state index is 0.00933. The largest absolute Gasteiger partial charge is 0.492 e. The van der Waals surface area contributed by atoms with Crippen molar-refractivity contribution in [2.75, 3.05) is 6.61 Å². The summed E-state index contributed by atoms with van der Waals surface area (Å²) in [6.07, 6.45) is 1.20. The molecule has 2 aromatic carbocycles. The molecule has 0 aliphatic carbocycles. The SMILES string of the molecule is CC(C)Oc1ccccc1CNC(=O)CCCOc1ccccc1Br. The van der Waals surface area contributed by atoms with E-state index in [1.165, 1.54) is 0 Å². The summed E-state index contributed by atoms with van der Waals surface area (Å²) in [7, 11) is 0. The molecule has 0 unspecified atom stereocenters. The molecule has 0 atom stereocenters. The number of ether oxygens (including phenoxy) is 2. The maximum atomic E-state index is 12.0. The Hall–Kier alpha value is -2.01. The molecule has 0 spiro atoms. The van der Waals surface area contributed by atoms with Gasteiger partial charge < -0.3 is 14.8 Å². The standard InChI is InChI=1S/C20H24BrNO3/c1-15(2)25-18-10-5-3-8-16(18)14-22-20(23)12-7-13-24-19-11-6-4-9-17(19)21/h3-6,8-11,15H,7,12-14H2,1-2H3,(H,22,23). The fourth-order valence-corrected chi connectivity index (χ4v) is 2.68. The normalized spacial score (nSPS) is 10.6. The van der Waals surface area contributed by atoms with E-state index in [-0.39, 0.29) is 12.0 Å². The molecule has 1 amide bonds. The van der Waals surface area contributed by atoms with Crippen LogP contribution in [-0.4, -0.2) is 18.6 Å². The zero-order valence-electron chi connectivity index (χ0n) is 14.6. The van der Waals surface area contributed by atoms with E-state index in [4.69, 9.17) is 9.47 Å². The lowest BCUT2D eigenvalue weighted by molar-refractivity contribution is -0.121. The fraction of sp³-hybridized carbons (Fsp3) is 0.350. The molecule has 1 N–H and O–H groups in total.